The molecule has 0 saturated carbocycles. The van der Waals surface area contributed by atoms with Crippen molar-refractivity contribution < 1.29 is 4.79 Å². The van der Waals surface area contributed by atoms with Crippen LogP contribution in [0.2, 0.25) is 0 Å². The highest BCUT2D eigenvalue weighted by atomic mass is 16.1. The van der Waals surface area contributed by atoms with E-state index >= 15 is 0 Å². The predicted octanol–water partition coefficient (Wildman–Crippen LogP) is 1.71. The Hall–Kier alpha value is -1.59. The van der Waals surface area contributed by atoms with E-state index in [0.29, 0.717) is 6.54 Å². The SMILES string of the molecule is CC#CCC(=O)C(CN)c1ccccc1. The van der Waals surface area contributed by atoms with Crippen molar-refractivity contribution in [1.29, 1.82) is 0 Å². The Morgan fingerprint density at radius 2 is 2.07 bits per heavy atom. The summed E-state index contributed by atoms with van der Waals surface area (Å²) >= 11 is 0. The van der Waals surface area contributed by atoms with Gasteiger partial charge in [0.05, 0.1) is 12.3 Å². The summed E-state index contributed by atoms with van der Waals surface area (Å²) in [6.07, 6.45) is 0.285. The van der Waals surface area contributed by atoms with Crippen molar-refractivity contribution in [3.63, 3.8) is 0 Å². The zero-order chi connectivity index (χ0) is 11.1. The molecule has 1 rings (SSSR count). The second-order valence-electron chi connectivity index (χ2n) is 3.27. The molecule has 0 aliphatic heterocycles. The molecule has 0 spiro atoms. The maximum Gasteiger partial charge on any atom is 0.153 e. The van der Waals surface area contributed by atoms with Crippen LogP contribution in [0.4, 0.5) is 0 Å². The Morgan fingerprint density at radius 3 is 2.60 bits per heavy atom. The standard InChI is InChI=1S/C13H15NO/c1-2-3-9-13(15)12(10-14)11-7-5-4-6-8-11/h4-8,12H,9-10,14H2,1H3. The van der Waals surface area contributed by atoms with Gasteiger partial charge in [-0.3, -0.25) is 4.79 Å². The van der Waals surface area contributed by atoms with Crippen molar-refractivity contribution in [3.05, 3.63) is 35.9 Å². The first-order chi connectivity index (χ1) is 7.29. The van der Waals surface area contributed by atoms with Gasteiger partial charge in [0.1, 0.15) is 0 Å². The average Bonchev–Trinajstić information content (AvgIpc) is 2.29. The highest BCUT2D eigenvalue weighted by Crippen LogP contribution is 2.16. The van der Waals surface area contributed by atoms with Gasteiger partial charge in [0, 0.05) is 6.54 Å². The molecule has 78 valence electrons. The molecule has 1 unspecified atom stereocenters. The molecule has 1 atom stereocenters. The fourth-order valence-corrected chi connectivity index (χ4v) is 1.44. The molecular formula is C13H15NO. The quantitative estimate of drug-likeness (QED) is 0.754. The summed E-state index contributed by atoms with van der Waals surface area (Å²) in [6.45, 7) is 2.07. The molecule has 0 amide bonds. The second kappa shape index (κ2) is 6.00. The van der Waals surface area contributed by atoms with E-state index in [0.717, 1.165) is 5.56 Å². The fraction of sp³-hybridized carbons (Fsp3) is 0.308. The highest BCUT2D eigenvalue weighted by molar-refractivity contribution is 5.87. The van der Waals surface area contributed by atoms with Gasteiger partial charge >= 0.3 is 0 Å². The van der Waals surface area contributed by atoms with E-state index in [9.17, 15) is 4.79 Å². The number of Topliss-reactive ketones (excluding diaryl/α,β-unsaturated/α-hetero) is 1. The fourth-order valence-electron chi connectivity index (χ4n) is 1.44. The molecule has 0 radical (unpaired) electrons. The third-order valence-corrected chi connectivity index (χ3v) is 2.27. The summed E-state index contributed by atoms with van der Waals surface area (Å²) in [4.78, 5) is 11.8. The third-order valence-electron chi connectivity index (χ3n) is 2.27. The van der Waals surface area contributed by atoms with Crippen molar-refractivity contribution in [3.8, 4) is 11.8 Å². The average molecular weight is 201 g/mol. The Morgan fingerprint density at radius 1 is 1.40 bits per heavy atom. The Labute approximate surface area is 90.5 Å². The van der Waals surface area contributed by atoms with E-state index in [2.05, 4.69) is 11.8 Å². The van der Waals surface area contributed by atoms with Crippen LogP contribution in [0.3, 0.4) is 0 Å². The predicted molar refractivity (Wildman–Crippen MR) is 61.3 cm³/mol. The van der Waals surface area contributed by atoms with Crippen LogP contribution in [-0.4, -0.2) is 12.3 Å². The van der Waals surface area contributed by atoms with Crippen molar-refractivity contribution >= 4 is 5.78 Å². The first-order valence-electron chi connectivity index (χ1n) is 4.97. The zero-order valence-corrected chi connectivity index (χ0v) is 8.86. The minimum absolute atomic E-state index is 0.0954. The molecular weight excluding hydrogens is 186 g/mol. The molecule has 2 heteroatoms. The summed E-state index contributed by atoms with van der Waals surface area (Å²) in [7, 11) is 0. The van der Waals surface area contributed by atoms with Crippen LogP contribution in [0.5, 0.6) is 0 Å². The summed E-state index contributed by atoms with van der Waals surface area (Å²) in [5.41, 5.74) is 6.58. The molecule has 0 aliphatic carbocycles. The minimum atomic E-state index is -0.216. The number of carbonyl (C=O) groups is 1. The topological polar surface area (TPSA) is 43.1 Å². The number of benzene rings is 1. The van der Waals surface area contributed by atoms with Crippen LogP contribution in [0.25, 0.3) is 0 Å². The summed E-state index contributed by atoms with van der Waals surface area (Å²) in [5, 5.41) is 0. The number of hydrogen-bond donors (Lipinski definition) is 1. The number of rotatable bonds is 4. The Kier molecular flexibility index (Phi) is 4.59. The van der Waals surface area contributed by atoms with Gasteiger partial charge in [-0.1, -0.05) is 36.3 Å². The minimum Gasteiger partial charge on any atom is -0.329 e. The number of hydrogen-bond acceptors (Lipinski definition) is 2. The van der Waals surface area contributed by atoms with E-state index in [1.54, 1.807) is 6.92 Å². The molecule has 0 bridgehead atoms. The van der Waals surface area contributed by atoms with Crippen molar-refractivity contribution in [2.75, 3.05) is 6.54 Å². The molecule has 2 N–H and O–H groups in total. The smallest absolute Gasteiger partial charge is 0.153 e. The van der Waals surface area contributed by atoms with Gasteiger partial charge in [-0.05, 0) is 12.5 Å². The van der Waals surface area contributed by atoms with Crippen LogP contribution in [0, 0.1) is 11.8 Å². The van der Waals surface area contributed by atoms with Crippen LogP contribution in [-0.2, 0) is 4.79 Å². The van der Waals surface area contributed by atoms with E-state index in [1.165, 1.54) is 0 Å². The summed E-state index contributed by atoms with van der Waals surface area (Å²) in [5.74, 6) is 5.37. The first kappa shape index (κ1) is 11.5. The van der Waals surface area contributed by atoms with E-state index in [-0.39, 0.29) is 18.1 Å². The van der Waals surface area contributed by atoms with Crippen LogP contribution in [0.1, 0.15) is 24.8 Å². The molecule has 0 aromatic heterocycles. The van der Waals surface area contributed by atoms with E-state index in [4.69, 9.17) is 5.73 Å². The summed E-state index contributed by atoms with van der Waals surface area (Å²) < 4.78 is 0. The van der Waals surface area contributed by atoms with Crippen LogP contribution in [0.15, 0.2) is 30.3 Å². The van der Waals surface area contributed by atoms with Gasteiger partial charge < -0.3 is 5.73 Å². The lowest BCUT2D eigenvalue weighted by Gasteiger charge is -2.11. The molecule has 1 aromatic carbocycles. The molecule has 15 heavy (non-hydrogen) atoms. The van der Waals surface area contributed by atoms with Gasteiger partial charge in [0.15, 0.2) is 5.78 Å². The Bertz CT molecular complexity index is 373. The maximum absolute atomic E-state index is 11.8. The van der Waals surface area contributed by atoms with Gasteiger partial charge in [0.2, 0.25) is 0 Å². The van der Waals surface area contributed by atoms with Crippen LogP contribution >= 0.6 is 0 Å². The Balaban J connectivity index is 2.79. The van der Waals surface area contributed by atoms with Crippen LogP contribution < -0.4 is 5.73 Å². The lowest BCUT2D eigenvalue weighted by molar-refractivity contribution is -0.119. The van der Waals surface area contributed by atoms with Crippen molar-refractivity contribution in [1.82, 2.24) is 0 Å². The number of nitrogens with two attached hydrogens (primary N) is 1. The summed E-state index contributed by atoms with van der Waals surface area (Å²) in [6, 6.07) is 9.60. The van der Waals surface area contributed by atoms with Gasteiger partial charge in [-0.15, -0.1) is 5.92 Å². The van der Waals surface area contributed by atoms with Gasteiger partial charge in [-0.2, -0.15) is 0 Å². The van der Waals surface area contributed by atoms with E-state index in [1.807, 2.05) is 30.3 Å². The van der Waals surface area contributed by atoms with Crippen molar-refractivity contribution in [2.24, 2.45) is 5.73 Å². The van der Waals surface area contributed by atoms with Gasteiger partial charge in [0.25, 0.3) is 0 Å². The second-order valence-corrected chi connectivity index (χ2v) is 3.27. The molecule has 0 aliphatic rings. The maximum atomic E-state index is 11.8. The molecule has 0 heterocycles. The highest BCUT2D eigenvalue weighted by Gasteiger charge is 2.17. The molecule has 0 saturated heterocycles. The molecule has 1 aromatic rings. The number of ketones is 1. The monoisotopic (exact) mass is 201 g/mol. The molecule has 0 fully saturated rings. The normalized spacial score (nSPS) is 11.3. The van der Waals surface area contributed by atoms with Gasteiger partial charge in [-0.25, -0.2) is 0 Å². The largest absolute Gasteiger partial charge is 0.329 e. The van der Waals surface area contributed by atoms with E-state index < -0.39 is 0 Å². The molecule has 2 nitrogen and oxygen atoms in total. The van der Waals surface area contributed by atoms with Crippen molar-refractivity contribution in [2.45, 2.75) is 19.3 Å². The first-order valence-corrected chi connectivity index (χ1v) is 4.97. The zero-order valence-electron chi connectivity index (χ0n) is 8.86. The lowest BCUT2D eigenvalue weighted by atomic mass is 9.93. The number of carbonyl (C=O) groups excluding carboxylic acids is 1. The third kappa shape index (κ3) is 3.23. The lowest BCUT2D eigenvalue weighted by Crippen LogP contribution is -2.21.